The summed E-state index contributed by atoms with van der Waals surface area (Å²) in [4.78, 5) is 27.1. The second-order valence-corrected chi connectivity index (χ2v) is 4.03. The molecule has 0 amide bonds. The molecule has 2 aromatic rings. The minimum absolute atomic E-state index is 0.00838. The Hall–Kier alpha value is -2.63. The van der Waals surface area contributed by atoms with Gasteiger partial charge in [-0.2, -0.15) is 0 Å². The van der Waals surface area contributed by atoms with Crippen LogP contribution in [0.15, 0.2) is 24.3 Å². The fourth-order valence-corrected chi connectivity index (χ4v) is 1.72. The summed E-state index contributed by atoms with van der Waals surface area (Å²) >= 11 is 0. The molecule has 0 saturated heterocycles. The fourth-order valence-electron chi connectivity index (χ4n) is 1.72. The highest BCUT2D eigenvalue weighted by molar-refractivity contribution is 5.95. The molecule has 0 bridgehead atoms. The van der Waals surface area contributed by atoms with Crippen molar-refractivity contribution < 1.29 is 24.2 Å². The zero-order valence-electron chi connectivity index (χ0n) is 11.0. The van der Waals surface area contributed by atoms with Gasteiger partial charge in [-0.15, -0.1) is 0 Å². The largest absolute Gasteiger partial charge is 0.508 e. The molecule has 0 unspecified atom stereocenters. The van der Waals surface area contributed by atoms with Crippen LogP contribution >= 0.6 is 0 Å². The van der Waals surface area contributed by atoms with Gasteiger partial charge < -0.3 is 14.6 Å². The second kappa shape index (κ2) is 5.56. The average molecular weight is 275 g/mol. The SMILES string of the molecule is CCOC(=O)c1nc2ccc(O)cc2cc1OC(C)=O. The molecule has 0 atom stereocenters. The molecular formula is C14H13NO5. The summed E-state index contributed by atoms with van der Waals surface area (Å²) in [6.45, 7) is 3.08. The van der Waals surface area contributed by atoms with E-state index in [1.807, 2.05) is 0 Å². The molecule has 20 heavy (non-hydrogen) atoms. The van der Waals surface area contributed by atoms with Crippen LogP contribution in [0.4, 0.5) is 0 Å². The molecular weight excluding hydrogens is 262 g/mol. The highest BCUT2D eigenvalue weighted by Gasteiger charge is 2.18. The van der Waals surface area contributed by atoms with Crippen molar-refractivity contribution in [2.45, 2.75) is 13.8 Å². The molecule has 1 N–H and O–H groups in total. The quantitative estimate of drug-likeness (QED) is 0.863. The molecule has 1 heterocycles. The normalized spacial score (nSPS) is 10.3. The van der Waals surface area contributed by atoms with Gasteiger partial charge in [-0.05, 0) is 31.2 Å². The average Bonchev–Trinajstić information content (AvgIpc) is 2.37. The standard InChI is InChI=1S/C14H13NO5/c1-3-19-14(18)13-12(20-8(2)16)7-9-6-10(17)4-5-11(9)15-13/h4-7,17H,3H2,1-2H3. The van der Waals surface area contributed by atoms with Crippen molar-refractivity contribution in [3.05, 3.63) is 30.0 Å². The van der Waals surface area contributed by atoms with Crippen molar-refractivity contribution in [2.24, 2.45) is 0 Å². The zero-order valence-corrected chi connectivity index (χ0v) is 11.0. The molecule has 0 spiro atoms. The van der Waals surface area contributed by atoms with Gasteiger partial charge in [0, 0.05) is 12.3 Å². The van der Waals surface area contributed by atoms with Crippen molar-refractivity contribution in [3.63, 3.8) is 0 Å². The van der Waals surface area contributed by atoms with Gasteiger partial charge in [0.2, 0.25) is 0 Å². The highest BCUT2D eigenvalue weighted by Crippen LogP contribution is 2.26. The first-order chi connectivity index (χ1) is 9.51. The Kier molecular flexibility index (Phi) is 3.84. The van der Waals surface area contributed by atoms with E-state index in [-0.39, 0.29) is 23.8 Å². The minimum Gasteiger partial charge on any atom is -0.508 e. The van der Waals surface area contributed by atoms with Gasteiger partial charge in [-0.1, -0.05) is 0 Å². The van der Waals surface area contributed by atoms with E-state index in [0.717, 1.165) is 0 Å². The first-order valence-corrected chi connectivity index (χ1v) is 6.00. The third-order valence-electron chi connectivity index (χ3n) is 2.49. The number of hydrogen-bond acceptors (Lipinski definition) is 6. The van der Waals surface area contributed by atoms with Crippen LogP contribution in [-0.4, -0.2) is 28.6 Å². The van der Waals surface area contributed by atoms with Gasteiger partial charge in [-0.25, -0.2) is 9.78 Å². The first-order valence-electron chi connectivity index (χ1n) is 6.00. The Morgan fingerprint density at radius 2 is 2.05 bits per heavy atom. The van der Waals surface area contributed by atoms with Gasteiger partial charge in [0.15, 0.2) is 11.4 Å². The van der Waals surface area contributed by atoms with Crippen molar-refractivity contribution >= 4 is 22.8 Å². The maximum Gasteiger partial charge on any atom is 0.360 e. The monoisotopic (exact) mass is 275 g/mol. The van der Waals surface area contributed by atoms with Crippen LogP contribution in [0.5, 0.6) is 11.5 Å². The number of carbonyl (C=O) groups excluding carboxylic acids is 2. The van der Waals surface area contributed by atoms with Crippen LogP contribution in [0, 0.1) is 0 Å². The number of phenols is 1. The number of pyridine rings is 1. The molecule has 104 valence electrons. The van der Waals surface area contributed by atoms with E-state index in [0.29, 0.717) is 10.9 Å². The maximum absolute atomic E-state index is 11.8. The molecule has 0 radical (unpaired) electrons. The minimum atomic E-state index is -0.668. The Morgan fingerprint density at radius 1 is 1.30 bits per heavy atom. The van der Waals surface area contributed by atoms with Crippen LogP contribution < -0.4 is 4.74 Å². The summed E-state index contributed by atoms with van der Waals surface area (Å²) in [6, 6.07) is 5.95. The number of hydrogen-bond donors (Lipinski definition) is 1. The zero-order chi connectivity index (χ0) is 14.7. The number of rotatable bonds is 3. The third kappa shape index (κ3) is 2.85. The second-order valence-electron chi connectivity index (χ2n) is 4.03. The third-order valence-corrected chi connectivity index (χ3v) is 2.49. The summed E-state index contributed by atoms with van der Waals surface area (Å²) < 4.78 is 9.86. The van der Waals surface area contributed by atoms with Crippen molar-refractivity contribution in [2.75, 3.05) is 6.61 Å². The van der Waals surface area contributed by atoms with E-state index in [2.05, 4.69) is 4.98 Å². The van der Waals surface area contributed by atoms with Crippen LogP contribution in [0.1, 0.15) is 24.3 Å². The van der Waals surface area contributed by atoms with E-state index in [1.165, 1.54) is 25.1 Å². The number of carbonyl (C=O) groups is 2. The van der Waals surface area contributed by atoms with Gasteiger partial charge >= 0.3 is 11.9 Å². The molecule has 0 saturated carbocycles. The number of phenolic OH excluding ortho intramolecular Hbond substituents is 1. The lowest BCUT2D eigenvalue weighted by Crippen LogP contribution is -2.12. The fraction of sp³-hybridized carbons (Fsp3) is 0.214. The van der Waals surface area contributed by atoms with E-state index >= 15 is 0 Å². The predicted molar refractivity (Wildman–Crippen MR) is 70.7 cm³/mol. The molecule has 6 nitrogen and oxygen atoms in total. The van der Waals surface area contributed by atoms with Gasteiger partial charge in [-0.3, -0.25) is 4.79 Å². The maximum atomic E-state index is 11.8. The molecule has 2 rings (SSSR count). The number of aromatic hydroxyl groups is 1. The lowest BCUT2D eigenvalue weighted by molar-refractivity contribution is -0.131. The Labute approximate surface area is 115 Å². The van der Waals surface area contributed by atoms with E-state index in [4.69, 9.17) is 9.47 Å². The topological polar surface area (TPSA) is 85.7 Å². The first kappa shape index (κ1) is 13.8. The Bertz CT molecular complexity index is 681. The molecule has 0 aliphatic rings. The van der Waals surface area contributed by atoms with Crippen molar-refractivity contribution in [3.8, 4) is 11.5 Å². The summed E-state index contributed by atoms with van der Waals surface area (Å²) in [7, 11) is 0. The molecule has 1 aromatic heterocycles. The lowest BCUT2D eigenvalue weighted by atomic mass is 10.2. The Morgan fingerprint density at radius 3 is 2.70 bits per heavy atom. The number of esters is 2. The summed E-state index contributed by atoms with van der Waals surface area (Å²) in [5.41, 5.74) is 0.419. The lowest BCUT2D eigenvalue weighted by Gasteiger charge is -2.09. The number of nitrogens with zero attached hydrogens (tertiary/aromatic N) is 1. The van der Waals surface area contributed by atoms with Gasteiger partial charge in [0.1, 0.15) is 5.75 Å². The van der Waals surface area contributed by atoms with Gasteiger partial charge in [0.05, 0.1) is 12.1 Å². The molecule has 0 aliphatic carbocycles. The van der Waals surface area contributed by atoms with E-state index < -0.39 is 11.9 Å². The predicted octanol–water partition coefficient (Wildman–Crippen LogP) is 2.04. The highest BCUT2D eigenvalue weighted by atomic mass is 16.5. The van der Waals surface area contributed by atoms with Crippen molar-refractivity contribution in [1.82, 2.24) is 4.98 Å². The summed E-state index contributed by atoms with van der Waals surface area (Å²) in [6.07, 6.45) is 0. The smallest absolute Gasteiger partial charge is 0.360 e. The van der Waals surface area contributed by atoms with E-state index in [1.54, 1.807) is 13.0 Å². The number of aromatic nitrogens is 1. The Balaban J connectivity index is 2.60. The molecule has 6 heteroatoms. The van der Waals surface area contributed by atoms with E-state index in [9.17, 15) is 14.7 Å². The molecule has 1 aromatic carbocycles. The number of benzene rings is 1. The van der Waals surface area contributed by atoms with Crippen molar-refractivity contribution in [1.29, 1.82) is 0 Å². The van der Waals surface area contributed by atoms with Crippen LogP contribution in [0.2, 0.25) is 0 Å². The van der Waals surface area contributed by atoms with Gasteiger partial charge in [0.25, 0.3) is 0 Å². The number of ether oxygens (including phenoxy) is 2. The van der Waals surface area contributed by atoms with Crippen LogP contribution in [-0.2, 0) is 9.53 Å². The molecule has 0 aliphatic heterocycles. The van der Waals surface area contributed by atoms with Crippen LogP contribution in [0.25, 0.3) is 10.9 Å². The molecule has 0 fully saturated rings. The van der Waals surface area contributed by atoms with Crippen LogP contribution in [0.3, 0.4) is 0 Å². The summed E-state index contributed by atoms with van der Waals surface area (Å²) in [5, 5.41) is 9.99. The number of fused-ring (bicyclic) bond motifs is 1. The summed E-state index contributed by atoms with van der Waals surface area (Å²) in [5.74, 6) is -1.18.